The summed E-state index contributed by atoms with van der Waals surface area (Å²) in [5.74, 6) is -0.288. The Kier molecular flexibility index (Phi) is 3.66. The number of anilines is 1. The fraction of sp³-hybridized carbons (Fsp3) is 0.462. The summed E-state index contributed by atoms with van der Waals surface area (Å²) in [6.07, 6.45) is 0. The van der Waals surface area contributed by atoms with Gasteiger partial charge in [0.25, 0.3) is 0 Å². The number of amides is 1. The first-order chi connectivity index (χ1) is 7.71. The number of aryl methyl sites for hydroxylation is 1. The molecule has 0 aliphatic rings. The zero-order valence-corrected chi connectivity index (χ0v) is 10.9. The molecule has 1 aromatic heterocycles. The molecule has 1 N–H and O–H groups in total. The van der Waals surface area contributed by atoms with Crippen LogP contribution in [0, 0.1) is 12.3 Å². The monoisotopic (exact) mass is 234 g/mol. The zero-order chi connectivity index (χ0) is 13.2. The van der Waals surface area contributed by atoms with Crippen molar-refractivity contribution in [3.63, 3.8) is 0 Å². The summed E-state index contributed by atoms with van der Waals surface area (Å²) < 4.78 is 0. The summed E-state index contributed by atoms with van der Waals surface area (Å²) in [6.45, 7) is 8.70. The van der Waals surface area contributed by atoms with Gasteiger partial charge in [0.1, 0.15) is 5.69 Å². The molecule has 0 unspecified atom stereocenters. The van der Waals surface area contributed by atoms with Gasteiger partial charge in [0, 0.05) is 18.0 Å². The van der Waals surface area contributed by atoms with Gasteiger partial charge in [-0.3, -0.25) is 9.59 Å². The van der Waals surface area contributed by atoms with Crippen molar-refractivity contribution in [2.24, 2.45) is 5.41 Å². The van der Waals surface area contributed by atoms with Gasteiger partial charge in [-0.2, -0.15) is 0 Å². The number of hydrogen-bond acceptors (Lipinski definition) is 3. The molecule has 4 nitrogen and oxygen atoms in total. The van der Waals surface area contributed by atoms with Gasteiger partial charge in [-0.05, 0) is 19.1 Å². The average molecular weight is 234 g/mol. The van der Waals surface area contributed by atoms with Crippen LogP contribution in [0.15, 0.2) is 12.1 Å². The standard InChI is InChI=1S/C13H18N2O2/c1-8-6-7-10(11(14-8)9(2)16)15-12(17)13(3,4)5/h6-7H,1-5H3,(H,15,17). The van der Waals surface area contributed by atoms with Crippen LogP contribution >= 0.6 is 0 Å². The van der Waals surface area contributed by atoms with Gasteiger partial charge >= 0.3 is 0 Å². The molecule has 0 atom stereocenters. The highest BCUT2D eigenvalue weighted by Gasteiger charge is 2.22. The van der Waals surface area contributed by atoms with Crippen LogP contribution in [0.1, 0.15) is 43.9 Å². The third-order valence-corrected chi connectivity index (χ3v) is 2.30. The highest BCUT2D eigenvalue weighted by atomic mass is 16.2. The van der Waals surface area contributed by atoms with E-state index in [-0.39, 0.29) is 11.7 Å². The second kappa shape index (κ2) is 4.65. The molecule has 17 heavy (non-hydrogen) atoms. The average Bonchev–Trinajstić information content (AvgIpc) is 2.18. The second-order valence-corrected chi connectivity index (χ2v) is 5.11. The van der Waals surface area contributed by atoms with Crippen LogP contribution in [-0.4, -0.2) is 16.7 Å². The van der Waals surface area contributed by atoms with Crippen molar-refractivity contribution >= 4 is 17.4 Å². The molecular formula is C13H18N2O2. The number of nitrogens with zero attached hydrogens (tertiary/aromatic N) is 1. The van der Waals surface area contributed by atoms with Crippen LogP contribution in [0.4, 0.5) is 5.69 Å². The van der Waals surface area contributed by atoms with Crippen molar-refractivity contribution in [2.75, 3.05) is 5.32 Å². The number of Topliss-reactive ketones (excluding diaryl/α,β-unsaturated/α-hetero) is 1. The molecule has 0 saturated carbocycles. The number of aromatic nitrogens is 1. The minimum absolute atomic E-state index is 0.134. The third kappa shape index (κ3) is 3.37. The maximum Gasteiger partial charge on any atom is 0.229 e. The molecule has 0 fully saturated rings. The molecule has 0 radical (unpaired) electrons. The van der Waals surface area contributed by atoms with Crippen molar-refractivity contribution in [3.8, 4) is 0 Å². The SMILES string of the molecule is CC(=O)c1nc(C)ccc1NC(=O)C(C)(C)C. The molecule has 1 heterocycles. The fourth-order valence-electron chi connectivity index (χ4n) is 1.24. The largest absolute Gasteiger partial charge is 0.324 e. The molecule has 4 heteroatoms. The van der Waals surface area contributed by atoms with Gasteiger partial charge in [-0.1, -0.05) is 20.8 Å². The van der Waals surface area contributed by atoms with E-state index in [0.29, 0.717) is 11.4 Å². The summed E-state index contributed by atoms with van der Waals surface area (Å²) >= 11 is 0. The van der Waals surface area contributed by atoms with E-state index >= 15 is 0 Å². The van der Waals surface area contributed by atoms with E-state index in [9.17, 15) is 9.59 Å². The van der Waals surface area contributed by atoms with Gasteiger partial charge < -0.3 is 5.32 Å². The molecular weight excluding hydrogens is 216 g/mol. The highest BCUT2D eigenvalue weighted by Crippen LogP contribution is 2.20. The Hall–Kier alpha value is -1.71. The van der Waals surface area contributed by atoms with Crippen LogP contribution in [-0.2, 0) is 4.79 Å². The van der Waals surface area contributed by atoms with Crippen LogP contribution in [0.25, 0.3) is 0 Å². The highest BCUT2D eigenvalue weighted by molar-refractivity contribution is 6.03. The third-order valence-electron chi connectivity index (χ3n) is 2.30. The number of ketones is 1. The molecule has 0 aromatic carbocycles. The van der Waals surface area contributed by atoms with Gasteiger partial charge in [0.15, 0.2) is 5.78 Å². The van der Waals surface area contributed by atoms with E-state index in [2.05, 4.69) is 10.3 Å². The lowest BCUT2D eigenvalue weighted by Crippen LogP contribution is -2.28. The quantitative estimate of drug-likeness (QED) is 0.800. The van der Waals surface area contributed by atoms with Crippen molar-refractivity contribution in [3.05, 3.63) is 23.5 Å². The summed E-state index contributed by atoms with van der Waals surface area (Å²) in [6, 6.07) is 3.48. The Morgan fingerprint density at radius 2 is 1.82 bits per heavy atom. The number of rotatable bonds is 2. The first-order valence-corrected chi connectivity index (χ1v) is 5.52. The minimum Gasteiger partial charge on any atom is -0.324 e. The zero-order valence-electron chi connectivity index (χ0n) is 10.9. The Bertz CT molecular complexity index is 459. The number of hydrogen-bond donors (Lipinski definition) is 1. The van der Waals surface area contributed by atoms with Gasteiger partial charge in [0.2, 0.25) is 5.91 Å². The maximum absolute atomic E-state index is 11.8. The summed E-state index contributed by atoms with van der Waals surface area (Å²) in [5, 5.41) is 2.74. The predicted octanol–water partition coefficient (Wildman–Crippen LogP) is 2.58. The molecule has 1 aromatic rings. The van der Waals surface area contributed by atoms with Crippen LogP contribution < -0.4 is 5.32 Å². The molecule has 1 rings (SSSR count). The van der Waals surface area contributed by atoms with E-state index < -0.39 is 5.41 Å². The molecule has 0 spiro atoms. The predicted molar refractivity (Wildman–Crippen MR) is 67.1 cm³/mol. The van der Waals surface area contributed by atoms with E-state index in [1.807, 2.05) is 27.7 Å². The van der Waals surface area contributed by atoms with Gasteiger partial charge in [-0.15, -0.1) is 0 Å². The van der Waals surface area contributed by atoms with Crippen LogP contribution in [0.2, 0.25) is 0 Å². The Morgan fingerprint density at radius 3 is 2.29 bits per heavy atom. The van der Waals surface area contributed by atoms with Crippen molar-refractivity contribution < 1.29 is 9.59 Å². The number of nitrogens with one attached hydrogen (secondary N) is 1. The van der Waals surface area contributed by atoms with Gasteiger partial charge in [-0.25, -0.2) is 4.98 Å². The van der Waals surface area contributed by atoms with Crippen molar-refractivity contribution in [1.29, 1.82) is 0 Å². The van der Waals surface area contributed by atoms with Gasteiger partial charge in [0.05, 0.1) is 5.69 Å². The van der Waals surface area contributed by atoms with Crippen molar-refractivity contribution in [2.45, 2.75) is 34.6 Å². The normalized spacial score (nSPS) is 11.1. The molecule has 0 aliphatic heterocycles. The van der Waals surface area contributed by atoms with Crippen LogP contribution in [0.3, 0.4) is 0 Å². The Morgan fingerprint density at radius 1 is 1.24 bits per heavy atom. The first-order valence-electron chi connectivity index (χ1n) is 5.52. The molecule has 1 amide bonds. The lowest BCUT2D eigenvalue weighted by Gasteiger charge is -2.18. The summed E-state index contributed by atoms with van der Waals surface area (Å²) in [7, 11) is 0. The molecule has 0 bridgehead atoms. The van der Waals surface area contributed by atoms with Crippen LogP contribution in [0.5, 0.6) is 0 Å². The smallest absolute Gasteiger partial charge is 0.229 e. The Balaban J connectivity index is 3.07. The topological polar surface area (TPSA) is 59.1 Å². The molecule has 0 saturated heterocycles. The van der Waals surface area contributed by atoms with E-state index in [1.165, 1.54) is 6.92 Å². The summed E-state index contributed by atoms with van der Waals surface area (Å²) in [5.41, 5.74) is 1.04. The molecule has 92 valence electrons. The lowest BCUT2D eigenvalue weighted by atomic mass is 9.95. The fourth-order valence-corrected chi connectivity index (χ4v) is 1.24. The first kappa shape index (κ1) is 13.4. The second-order valence-electron chi connectivity index (χ2n) is 5.11. The minimum atomic E-state index is -0.501. The van der Waals surface area contributed by atoms with Crippen molar-refractivity contribution in [1.82, 2.24) is 4.98 Å². The Labute approximate surface area is 101 Å². The number of carbonyl (C=O) groups is 2. The maximum atomic E-state index is 11.8. The van der Waals surface area contributed by atoms with E-state index in [4.69, 9.17) is 0 Å². The van der Waals surface area contributed by atoms with E-state index in [1.54, 1.807) is 12.1 Å². The lowest BCUT2D eigenvalue weighted by molar-refractivity contribution is -0.123. The number of carbonyl (C=O) groups excluding carboxylic acids is 2. The summed E-state index contributed by atoms with van der Waals surface area (Å²) in [4.78, 5) is 27.4. The molecule has 0 aliphatic carbocycles. The number of pyridine rings is 1. The van der Waals surface area contributed by atoms with E-state index in [0.717, 1.165) is 5.69 Å².